The van der Waals surface area contributed by atoms with Crippen LogP contribution in [0, 0.1) is 0 Å². The predicted octanol–water partition coefficient (Wildman–Crippen LogP) is 2.75. The highest BCUT2D eigenvalue weighted by Gasteiger charge is 2.21. The van der Waals surface area contributed by atoms with Gasteiger partial charge in [0.25, 0.3) is 5.91 Å². The van der Waals surface area contributed by atoms with Gasteiger partial charge in [-0.2, -0.15) is 0 Å². The van der Waals surface area contributed by atoms with Gasteiger partial charge in [-0.15, -0.1) is 0 Å². The average Bonchev–Trinajstić information content (AvgIpc) is 2.71. The highest BCUT2D eigenvalue weighted by Crippen LogP contribution is 2.21. The lowest BCUT2D eigenvalue weighted by atomic mass is 10.1. The molecule has 1 aliphatic rings. The van der Waals surface area contributed by atoms with E-state index >= 15 is 0 Å². The van der Waals surface area contributed by atoms with Crippen molar-refractivity contribution >= 4 is 17.3 Å². The first kappa shape index (κ1) is 11.6. The lowest BCUT2D eigenvalue weighted by molar-refractivity contribution is -0.115. The van der Waals surface area contributed by atoms with E-state index < -0.39 is 0 Å². The Hall–Kier alpha value is -1.90. The van der Waals surface area contributed by atoms with Gasteiger partial charge in [-0.05, 0) is 24.5 Å². The van der Waals surface area contributed by atoms with E-state index in [2.05, 4.69) is 17.2 Å². The van der Waals surface area contributed by atoms with Crippen molar-refractivity contribution in [3.63, 3.8) is 0 Å². The Labute approximate surface area is 101 Å². The Morgan fingerprint density at radius 1 is 1.29 bits per heavy atom. The number of rotatable bonds is 3. The molecule has 1 aromatic rings. The molecule has 0 fully saturated rings. The molecule has 17 heavy (non-hydrogen) atoms. The summed E-state index contributed by atoms with van der Waals surface area (Å²) in [5.41, 5.74) is 2.51. The first-order chi connectivity index (χ1) is 8.22. The molecule has 0 unspecified atom stereocenters. The van der Waals surface area contributed by atoms with E-state index in [0.717, 1.165) is 29.8 Å². The molecule has 1 aliphatic heterocycles. The van der Waals surface area contributed by atoms with E-state index in [1.165, 1.54) is 0 Å². The molecule has 3 heteroatoms. The van der Waals surface area contributed by atoms with Crippen molar-refractivity contribution in [1.82, 2.24) is 5.32 Å². The molecule has 0 bridgehead atoms. The zero-order valence-corrected chi connectivity index (χ0v) is 10.2. The van der Waals surface area contributed by atoms with E-state index in [9.17, 15) is 4.79 Å². The standard InChI is InChI=1S/C14H16N2O/c1-3-7-12-15-13(14(17)16-12)10(2)11-8-5-4-6-9-11/h4-6,8-9H,3,7H2,1-2H3,(H,15,16,17). The van der Waals surface area contributed by atoms with Gasteiger partial charge in [-0.1, -0.05) is 37.3 Å². The van der Waals surface area contributed by atoms with Crippen LogP contribution in [0.15, 0.2) is 41.0 Å². The zero-order chi connectivity index (χ0) is 12.3. The Kier molecular flexibility index (Phi) is 3.38. The fourth-order valence-electron chi connectivity index (χ4n) is 1.84. The van der Waals surface area contributed by atoms with E-state index in [0.29, 0.717) is 5.70 Å². The number of amidine groups is 1. The molecule has 0 radical (unpaired) electrons. The molecular formula is C14H16N2O. The minimum atomic E-state index is -0.0881. The number of hydrogen-bond donors (Lipinski definition) is 1. The summed E-state index contributed by atoms with van der Waals surface area (Å²) in [5.74, 6) is 0.692. The number of carbonyl (C=O) groups is 1. The predicted molar refractivity (Wildman–Crippen MR) is 69.5 cm³/mol. The topological polar surface area (TPSA) is 41.5 Å². The van der Waals surface area contributed by atoms with Gasteiger partial charge in [0.1, 0.15) is 11.5 Å². The van der Waals surface area contributed by atoms with Crippen LogP contribution in [-0.4, -0.2) is 11.7 Å². The maximum Gasteiger partial charge on any atom is 0.275 e. The second-order valence-corrected chi connectivity index (χ2v) is 4.10. The molecule has 0 spiro atoms. The van der Waals surface area contributed by atoms with Crippen LogP contribution in [0.1, 0.15) is 32.3 Å². The minimum Gasteiger partial charge on any atom is -0.309 e. The second kappa shape index (κ2) is 4.95. The minimum absolute atomic E-state index is 0.0881. The number of aliphatic imine (C=N–C) groups is 1. The summed E-state index contributed by atoms with van der Waals surface area (Å²) in [4.78, 5) is 16.2. The summed E-state index contributed by atoms with van der Waals surface area (Å²) < 4.78 is 0. The van der Waals surface area contributed by atoms with Crippen LogP contribution in [0.5, 0.6) is 0 Å². The van der Waals surface area contributed by atoms with E-state index in [1.54, 1.807) is 0 Å². The van der Waals surface area contributed by atoms with Gasteiger partial charge < -0.3 is 5.32 Å². The molecule has 2 rings (SSSR count). The first-order valence-electron chi connectivity index (χ1n) is 5.87. The maximum atomic E-state index is 11.8. The Balaban J connectivity index is 2.35. The Bertz CT molecular complexity index is 486. The van der Waals surface area contributed by atoms with Gasteiger partial charge in [0.15, 0.2) is 0 Å². The van der Waals surface area contributed by atoms with Gasteiger partial charge in [-0.25, -0.2) is 4.99 Å². The Morgan fingerprint density at radius 3 is 2.65 bits per heavy atom. The van der Waals surface area contributed by atoms with Crippen LogP contribution in [0.25, 0.3) is 5.57 Å². The summed E-state index contributed by atoms with van der Waals surface area (Å²) in [6, 6.07) is 9.86. The van der Waals surface area contributed by atoms with Crippen LogP contribution in [-0.2, 0) is 4.79 Å². The number of carbonyl (C=O) groups excluding carboxylic acids is 1. The normalized spacial score (nSPS) is 17.8. The van der Waals surface area contributed by atoms with Crippen molar-refractivity contribution in [2.45, 2.75) is 26.7 Å². The third-order valence-corrected chi connectivity index (χ3v) is 2.77. The summed E-state index contributed by atoms with van der Waals surface area (Å²) in [5, 5.41) is 2.81. The third kappa shape index (κ3) is 2.44. The maximum absolute atomic E-state index is 11.8. The van der Waals surface area contributed by atoms with Gasteiger partial charge in [0, 0.05) is 6.42 Å². The van der Waals surface area contributed by atoms with Crippen molar-refractivity contribution in [3.05, 3.63) is 41.6 Å². The number of benzene rings is 1. The molecular weight excluding hydrogens is 212 g/mol. The third-order valence-electron chi connectivity index (χ3n) is 2.77. The van der Waals surface area contributed by atoms with Gasteiger partial charge in [0.2, 0.25) is 0 Å². The van der Waals surface area contributed by atoms with Gasteiger partial charge in [0.05, 0.1) is 0 Å². The van der Waals surface area contributed by atoms with Crippen LogP contribution in [0.3, 0.4) is 0 Å². The molecule has 1 aromatic carbocycles. The quantitative estimate of drug-likeness (QED) is 0.794. The molecule has 0 aliphatic carbocycles. The highest BCUT2D eigenvalue weighted by molar-refractivity contribution is 6.15. The number of nitrogens with zero attached hydrogens (tertiary/aromatic N) is 1. The summed E-state index contributed by atoms with van der Waals surface area (Å²) in [6.07, 6.45) is 1.80. The molecule has 1 N–H and O–H groups in total. The van der Waals surface area contributed by atoms with Crippen molar-refractivity contribution in [3.8, 4) is 0 Å². The van der Waals surface area contributed by atoms with Crippen LogP contribution in [0.2, 0.25) is 0 Å². The first-order valence-corrected chi connectivity index (χ1v) is 5.87. The SMILES string of the molecule is CCCC1=NC(=C(C)c2ccccc2)C(=O)N1. The number of nitrogens with one attached hydrogen (secondary N) is 1. The molecule has 0 aromatic heterocycles. The van der Waals surface area contributed by atoms with Crippen LogP contribution >= 0.6 is 0 Å². The molecule has 0 atom stereocenters. The zero-order valence-electron chi connectivity index (χ0n) is 10.2. The smallest absolute Gasteiger partial charge is 0.275 e. The van der Waals surface area contributed by atoms with Crippen molar-refractivity contribution in [1.29, 1.82) is 0 Å². The van der Waals surface area contributed by atoms with Gasteiger partial charge in [-0.3, -0.25) is 4.79 Å². The van der Waals surface area contributed by atoms with Gasteiger partial charge >= 0.3 is 0 Å². The van der Waals surface area contributed by atoms with Crippen molar-refractivity contribution < 1.29 is 4.79 Å². The molecule has 3 nitrogen and oxygen atoms in total. The lowest BCUT2D eigenvalue weighted by Gasteiger charge is -2.02. The number of hydrogen-bond acceptors (Lipinski definition) is 2. The Morgan fingerprint density at radius 2 is 2.00 bits per heavy atom. The van der Waals surface area contributed by atoms with E-state index in [4.69, 9.17) is 0 Å². The highest BCUT2D eigenvalue weighted by atomic mass is 16.2. The van der Waals surface area contributed by atoms with E-state index in [1.807, 2.05) is 37.3 Å². The summed E-state index contributed by atoms with van der Waals surface area (Å²) in [7, 11) is 0. The van der Waals surface area contributed by atoms with Crippen LogP contribution in [0.4, 0.5) is 0 Å². The fourth-order valence-corrected chi connectivity index (χ4v) is 1.84. The lowest BCUT2D eigenvalue weighted by Crippen LogP contribution is -2.23. The average molecular weight is 228 g/mol. The molecule has 88 valence electrons. The second-order valence-electron chi connectivity index (χ2n) is 4.10. The molecule has 1 amide bonds. The summed E-state index contributed by atoms with van der Waals surface area (Å²) in [6.45, 7) is 4.00. The number of amides is 1. The van der Waals surface area contributed by atoms with E-state index in [-0.39, 0.29) is 5.91 Å². The largest absolute Gasteiger partial charge is 0.309 e. The molecule has 0 saturated carbocycles. The van der Waals surface area contributed by atoms with Crippen LogP contribution < -0.4 is 5.32 Å². The van der Waals surface area contributed by atoms with Crippen molar-refractivity contribution in [2.24, 2.45) is 4.99 Å². The number of allylic oxidation sites excluding steroid dienone is 1. The summed E-state index contributed by atoms with van der Waals surface area (Å²) >= 11 is 0. The monoisotopic (exact) mass is 228 g/mol. The van der Waals surface area contributed by atoms with Crippen molar-refractivity contribution in [2.75, 3.05) is 0 Å². The molecule has 0 saturated heterocycles. The fraction of sp³-hybridized carbons (Fsp3) is 0.286. The molecule has 1 heterocycles.